The number of hydrogen-bond acceptors (Lipinski definition) is 4. The number of nitrogens with zero attached hydrogens (tertiary/aromatic N) is 2. The third kappa shape index (κ3) is 2.52. The Kier molecular flexibility index (Phi) is 3.52. The summed E-state index contributed by atoms with van der Waals surface area (Å²) in [5.74, 6) is 2.00. The molecule has 3 rings (SSSR count). The van der Waals surface area contributed by atoms with E-state index in [9.17, 15) is 0 Å². The summed E-state index contributed by atoms with van der Waals surface area (Å²) < 4.78 is 2.11. The van der Waals surface area contributed by atoms with Crippen molar-refractivity contribution in [3.63, 3.8) is 0 Å². The first-order valence-electron chi connectivity index (χ1n) is 7.04. The molecule has 2 atom stereocenters. The third-order valence-electron chi connectivity index (χ3n) is 4.06. The van der Waals surface area contributed by atoms with Crippen LogP contribution in [0.3, 0.4) is 0 Å². The molecule has 2 unspecified atom stereocenters. The van der Waals surface area contributed by atoms with Gasteiger partial charge >= 0.3 is 0 Å². The Morgan fingerprint density at radius 1 is 1.50 bits per heavy atom. The summed E-state index contributed by atoms with van der Waals surface area (Å²) in [7, 11) is 0. The molecule has 3 N–H and O–H groups in total. The minimum Gasteiger partial charge on any atom is -0.369 e. The fraction of sp³-hybridized carbons (Fsp3) is 0.769. The Bertz CT molecular complexity index is 384. The van der Waals surface area contributed by atoms with Crippen LogP contribution >= 0.6 is 0 Å². The minimum absolute atomic E-state index is 0.528. The second-order valence-corrected chi connectivity index (χ2v) is 5.63. The SMILES string of the molecule is CC1CCNC(CNc2ccnn2C2CNC2)C1. The van der Waals surface area contributed by atoms with E-state index >= 15 is 0 Å². The first-order valence-corrected chi connectivity index (χ1v) is 7.04. The van der Waals surface area contributed by atoms with E-state index in [0.717, 1.165) is 37.9 Å². The Morgan fingerprint density at radius 3 is 3.11 bits per heavy atom. The van der Waals surface area contributed by atoms with Crippen LogP contribution in [0.15, 0.2) is 12.3 Å². The van der Waals surface area contributed by atoms with Crippen LogP contribution in [0.5, 0.6) is 0 Å². The fourth-order valence-corrected chi connectivity index (χ4v) is 2.80. The van der Waals surface area contributed by atoms with Gasteiger partial charge in [0, 0.05) is 31.7 Å². The van der Waals surface area contributed by atoms with Crippen molar-refractivity contribution in [2.45, 2.75) is 31.8 Å². The zero-order valence-electron chi connectivity index (χ0n) is 11.0. The lowest BCUT2D eigenvalue weighted by molar-refractivity contribution is 0.316. The first-order chi connectivity index (χ1) is 8.83. The molecular weight excluding hydrogens is 226 g/mol. The van der Waals surface area contributed by atoms with Crippen LogP contribution in [0, 0.1) is 5.92 Å². The molecule has 5 nitrogen and oxygen atoms in total. The largest absolute Gasteiger partial charge is 0.369 e. The van der Waals surface area contributed by atoms with Crippen molar-refractivity contribution in [3.8, 4) is 0 Å². The van der Waals surface area contributed by atoms with E-state index in [4.69, 9.17) is 0 Å². The Labute approximate surface area is 108 Å². The molecule has 18 heavy (non-hydrogen) atoms. The van der Waals surface area contributed by atoms with Gasteiger partial charge < -0.3 is 16.0 Å². The number of anilines is 1. The van der Waals surface area contributed by atoms with Gasteiger partial charge in [0.15, 0.2) is 0 Å². The van der Waals surface area contributed by atoms with Crippen molar-refractivity contribution in [1.29, 1.82) is 0 Å². The van der Waals surface area contributed by atoms with E-state index in [2.05, 4.69) is 38.7 Å². The summed E-state index contributed by atoms with van der Waals surface area (Å²) in [6.45, 7) is 6.57. The highest BCUT2D eigenvalue weighted by molar-refractivity contribution is 5.35. The van der Waals surface area contributed by atoms with Crippen molar-refractivity contribution >= 4 is 5.82 Å². The van der Waals surface area contributed by atoms with Gasteiger partial charge in [-0.2, -0.15) is 5.10 Å². The van der Waals surface area contributed by atoms with Gasteiger partial charge in [0.25, 0.3) is 0 Å². The van der Waals surface area contributed by atoms with Crippen LogP contribution in [0.25, 0.3) is 0 Å². The van der Waals surface area contributed by atoms with Gasteiger partial charge in [-0.05, 0) is 25.3 Å². The van der Waals surface area contributed by atoms with Gasteiger partial charge in [-0.15, -0.1) is 0 Å². The van der Waals surface area contributed by atoms with E-state index in [-0.39, 0.29) is 0 Å². The fourth-order valence-electron chi connectivity index (χ4n) is 2.80. The van der Waals surface area contributed by atoms with Crippen LogP contribution < -0.4 is 16.0 Å². The molecule has 0 radical (unpaired) electrons. The third-order valence-corrected chi connectivity index (χ3v) is 4.06. The maximum atomic E-state index is 4.41. The Morgan fingerprint density at radius 2 is 2.39 bits per heavy atom. The lowest BCUT2D eigenvalue weighted by atomic mass is 9.94. The molecule has 2 aliphatic heterocycles. The Hall–Kier alpha value is -1.07. The van der Waals surface area contributed by atoms with Gasteiger partial charge in [0.05, 0.1) is 12.2 Å². The van der Waals surface area contributed by atoms with Gasteiger partial charge in [0.2, 0.25) is 0 Å². The summed E-state index contributed by atoms with van der Waals surface area (Å²) in [6, 6.07) is 3.20. The van der Waals surface area contributed by atoms with Crippen molar-refractivity contribution in [2.24, 2.45) is 5.92 Å². The molecule has 0 aliphatic carbocycles. The van der Waals surface area contributed by atoms with Crippen LogP contribution in [0.2, 0.25) is 0 Å². The van der Waals surface area contributed by atoms with Crippen molar-refractivity contribution in [2.75, 3.05) is 31.5 Å². The summed E-state index contributed by atoms with van der Waals surface area (Å²) in [4.78, 5) is 0. The molecule has 0 aromatic carbocycles. The molecule has 2 saturated heterocycles. The maximum Gasteiger partial charge on any atom is 0.124 e. The average Bonchev–Trinajstić information content (AvgIpc) is 2.72. The molecule has 0 spiro atoms. The highest BCUT2D eigenvalue weighted by Gasteiger charge is 2.22. The van der Waals surface area contributed by atoms with Gasteiger partial charge in [-0.1, -0.05) is 6.92 Å². The summed E-state index contributed by atoms with van der Waals surface area (Å²) in [6.07, 6.45) is 4.46. The van der Waals surface area contributed by atoms with Crippen LogP contribution in [0.4, 0.5) is 5.82 Å². The molecule has 0 amide bonds. The maximum absolute atomic E-state index is 4.41. The normalized spacial score (nSPS) is 28.9. The number of nitrogens with one attached hydrogen (secondary N) is 3. The van der Waals surface area contributed by atoms with E-state index in [1.807, 2.05) is 6.20 Å². The number of hydrogen-bond donors (Lipinski definition) is 3. The predicted octanol–water partition coefficient (Wildman–Crippen LogP) is 0.827. The molecule has 1 aromatic rings. The van der Waals surface area contributed by atoms with E-state index in [1.165, 1.54) is 12.8 Å². The lowest BCUT2D eigenvalue weighted by Crippen LogP contribution is -2.45. The lowest BCUT2D eigenvalue weighted by Gasteiger charge is -2.31. The number of rotatable bonds is 4. The highest BCUT2D eigenvalue weighted by atomic mass is 15.4. The standard InChI is InChI=1S/C13H23N5/c1-10-2-4-15-11(6-10)7-16-13-3-5-17-18(13)12-8-14-9-12/h3,5,10-12,14-16H,2,4,6-9H2,1H3. The van der Waals surface area contributed by atoms with Crippen LogP contribution in [-0.4, -0.2) is 42.0 Å². The molecule has 1 aromatic heterocycles. The van der Waals surface area contributed by atoms with Crippen LogP contribution in [-0.2, 0) is 0 Å². The second-order valence-electron chi connectivity index (χ2n) is 5.63. The predicted molar refractivity (Wildman–Crippen MR) is 72.8 cm³/mol. The average molecular weight is 249 g/mol. The number of aromatic nitrogens is 2. The summed E-state index contributed by atoms with van der Waals surface area (Å²) in [5.41, 5.74) is 0. The van der Waals surface area contributed by atoms with Crippen molar-refractivity contribution < 1.29 is 0 Å². The first kappa shape index (κ1) is 12.0. The molecule has 2 fully saturated rings. The van der Waals surface area contributed by atoms with Crippen LogP contribution in [0.1, 0.15) is 25.8 Å². The smallest absolute Gasteiger partial charge is 0.124 e. The molecule has 5 heteroatoms. The van der Waals surface area contributed by atoms with Crippen molar-refractivity contribution in [1.82, 2.24) is 20.4 Å². The Balaban J connectivity index is 1.54. The highest BCUT2D eigenvalue weighted by Crippen LogP contribution is 2.19. The topological polar surface area (TPSA) is 53.9 Å². The van der Waals surface area contributed by atoms with E-state index < -0.39 is 0 Å². The molecule has 100 valence electrons. The summed E-state index contributed by atoms with van der Waals surface area (Å²) in [5, 5.41) is 14.8. The van der Waals surface area contributed by atoms with Crippen molar-refractivity contribution in [3.05, 3.63) is 12.3 Å². The second kappa shape index (κ2) is 5.28. The molecule has 2 aliphatic rings. The van der Waals surface area contributed by atoms with E-state index in [0.29, 0.717) is 12.1 Å². The molecule has 0 saturated carbocycles. The van der Waals surface area contributed by atoms with E-state index in [1.54, 1.807) is 0 Å². The quantitative estimate of drug-likeness (QED) is 0.740. The molecule has 0 bridgehead atoms. The van der Waals surface area contributed by atoms with Gasteiger partial charge in [-0.3, -0.25) is 0 Å². The van der Waals surface area contributed by atoms with Gasteiger partial charge in [-0.25, -0.2) is 4.68 Å². The molecule has 3 heterocycles. The zero-order valence-corrected chi connectivity index (χ0v) is 11.0. The summed E-state index contributed by atoms with van der Waals surface area (Å²) >= 11 is 0. The van der Waals surface area contributed by atoms with Gasteiger partial charge in [0.1, 0.15) is 5.82 Å². The monoisotopic (exact) mass is 249 g/mol. The number of piperidine rings is 1. The zero-order chi connectivity index (χ0) is 12.4. The molecular formula is C13H23N5. The minimum atomic E-state index is 0.528.